The molecule has 1 aromatic carbocycles. The van der Waals surface area contributed by atoms with Crippen LogP contribution in [0.3, 0.4) is 0 Å². The summed E-state index contributed by atoms with van der Waals surface area (Å²) in [6, 6.07) is 2.63. The molecule has 0 aliphatic heterocycles. The molecule has 0 aromatic heterocycles. The van der Waals surface area contributed by atoms with Crippen LogP contribution >= 0.6 is 0 Å². The normalized spacial score (nSPS) is 11.6. The lowest BCUT2D eigenvalue weighted by Crippen LogP contribution is -2.46. The van der Waals surface area contributed by atoms with Crippen LogP contribution in [-0.2, 0) is 32.5 Å². The number of benzene rings is 1. The zero-order valence-electron chi connectivity index (χ0n) is 34.3. The van der Waals surface area contributed by atoms with Gasteiger partial charge in [0.2, 0.25) is 0 Å². The average molecular weight is 722 g/mol. The quantitative estimate of drug-likeness (QED) is 0.0555. The van der Waals surface area contributed by atoms with Crippen molar-refractivity contribution in [1.82, 2.24) is 6.15 Å². The van der Waals surface area contributed by atoms with E-state index in [-0.39, 0.29) is 6.15 Å². The molecular formula is C43H83NO5Si. The SMILES string of the molecule is CCCCCCCCCCCCCCCCCCCCc1cc(C(=O)[O-])c(CCC[Si](OCC)(OCC)OCC)c(CCCCCC)c1C.[NH4+]. The fourth-order valence-corrected chi connectivity index (χ4v) is 10.1. The van der Waals surface area contributed by atoms with Gasteiger partial charge in [0, 0.05) is 31.4 Å². The van der Waals surface area contributed by atoms with Crippen LogP contribution in [0.5, 0.6) is 0 Å². The smallest absolute Gasteiger partial charge is 0.500 e. The molecule has 0 spiro atoms. The molecule has 0 saturated heterocycles. The number of quaternary nitrogens is 1. The third-order valence-electron chi connectivity index (χ3n) is 10.2. The molecule has 4 N–H and O–H groups in total. The van der Waals surface area contributed by atoms with E-state index in [1.54, 1.807) is 0 Å². The Hall–Kier alpha value is -1.25. The summed E-state index contributed by atoms with van der Waals surface area (Å²) in [5.74, 6) is -1.05. The second-order valence-corrected chi connectivity index (χ2v) is 17.1. The highest BCUT2D eigenvalue weighted by Gasteiger charge is 2.39. The molecule has 0 atom stereocenters. The fourth-order valence-electron chi connectivity index (χ4n) is 7.45. The number of hydrogen-bond donors (Lipinski definition) is 1. The van der Waals surface area contributed by atoms with Gasteiger partial charge in [-0.15, -0.1) is 0 Å². The van der Waals surface area contributed by atoms with Gasteiger partial charge in [0.25, 0.3) is 0 Å². The standard InChI is InChI=1S/C43H80O5Si.H3N/c1-7-12-14-16-17-18-19-20-21-22-23-24-25-26-27-28-29-30-33-39-37-42(43(44)45)41(40(38(39)6)34-31-15-13-8-2)35-32-36-49(46-9-3,47-10-4)48-11-5;/h37H,7-36H2,1-6H3,(H,44,45);1H3. The van der Waals surface area contributed by atoms with Crippen LogP contribution in [0.2, 0.25) is 6.04 Å². The van der Waals surface area contributed by atoms with Crippen molar-refractivity contribution >= 4 is 14.8 Å². The summed E-state index contributed by atoms with van der Waals surface area (Å²) in [4.78, 5) is 12.5. The lowest BCUT2D eigenvalue weighted by atomic mass is 9.85. The Balaban J connectivity index is 0.0000240. The van der Waals surface area contributed by atoms with Gasteiger partial charge >= 0.3 is 8.80 Å². The molecule has 1 rings (SSSR count). The second-order valence-electron chi connectivity index (χ2n) is 14.4. The number of hydrogen-bond acceptors (Lipinski definition) is 5. The molecule has 294 valence electrons. The monoisotopic (exact) mass is 722 g/mol. The van der Waals surface area contributed by atoms with Crippen molar-refractivity contribution in [3.63, 3.8) is 0 Å². The van der Waals surface area contributed by atoms with Gasteiger partial charge in [0.1, 0.15) is 0 Å². The number of carbonyl (C=O) groups is 1. The Labute approximate surface area is 311 Å². The van der Waals surface area contributed by atoms with Gasteiger partial charge in [-0.05, 0) is 94.5 Å². The maximum Gasteiger partial charge on any atom is 0.500 e. The van der Waals surface area contributed by atoms with Gasteiger partial charge in [0.15, 0.2) is 0 Å². The summed E-state index contributed by atoms with van der Waals surface area (Å²) >= 11 is 0. The van der Waals surface area contributed by atoms with E-state index >= 15 is 0 Å². The largest absolute Gasteiger partial charge is 0.545 e. The van der Waals surface area contributed by atoms with Crippen LogP contribution in [0, 0.1) is 6.92 Å². The maximum absolute atomic E-state index is 12.5. The Morgan fingerprint density at radius 2 is 0.900 bits per heavy atom. The number of carboxylic acid groups (broad SMARTS) is 1. The molecule has 7 heteroatoms. The lowest BCUT2D eigenvalue weighted by molar-refractivity contribution is -0.255. The molecule has 0 saturated carbocycles. The number of unbranched alkanes of at least 4 members (excludes halogenated alkanes) is 20. The van der Waals surface area contributed by atoms with Crippen molar-refractivity contribution < 1.29 is 23.2 Å². The lowest BCUT2D eigenvalue weighted by Gasteiger charge is -2.29. The van der Waals surface area contributed by atoms with Crippen LogP contribution < -0.4 is 11.3 Å². The zero-order valence-corrected chi connectivity index (χ0v) is 35.3. The minimum absolute atomic E-state index is 0. The van der Waals surface area contributed by atoms with Gasteiger partial charge in [-0.25, -0.2) is 0 Å². The summed E-state index contributed by atoms with van der Waals surface area (Å²) in [7, 11) is -2.79. The molecule has 50 heavy (non-hydrogen) atoms. The van der Waals surface area contributed by atoms with Crippen molar-refractivity contribution in [3.05, 3.63) is 33.9 Å². The number of aryl methyl sites for hydroxylation is 1. The van der Waals surface area contributed by atoms with E-state index in [4.69, 9.17) is 13.3 Å². The van der Waals surface area contributed by atoms with Crippen molar-refractivity contribution in [2.75, 3.05) is 19.8 Å². The zero-order chi connectivity index (χ0) is 36.0. The van der Waals surface area contributed by atoms with E-state index in [0.717, 1.165) is 37.7 Å². The van der Waals surface area contributed by atoms with E-state index in [2.05, 4.69) is 20.8 Å². The molecule has 6 nitrogen and oxygen atoms in total. The maximum atomic E-state index is 12.5. The van der Waals surface area contributed by atoms with E-state index in [9.17, 15) is 9.90 Å². The molecule has 0 bridgehead atoms. The average Bonchev–Trinajstić information content (AvgIpc) is 3.08. The van der Waals surface area contributed by atoms with Gasteiger partial charge in [0.05, 0.1) is 5.97 Å². The second kappa shape index (κ2) is 32.4. The number of carbonyl (C=O) groups excluding carboxylic acids is 1. The highest BCUT2D eigenvalue weighted by Crippen LogP contribution is 2.30. The number of aromatic carboxylic acids is 1. The molecule has 0 heterocycles. The Morgan fingerprint density at radius 1 is 0.540 bits per heavy atom. The van der Waals surface area contributed by atoms with Crippen LogP contribution in [0.4, 0.5) is 0 Å². The first kappa shape index (κ1) is 48.7. The molecule has 0 radical (unpaired) electrons. The topological polar surface area (TPSA) is 104 Å². The fraction of sp³-hybridized carbons (Fsp3) is 0.837. The summed E-state index contributed by atoms with van der Waals surface area (Å²) in [5.41, 5.74) is 5.10. The predicted molar refractivity (Wildman–Crippen MR) is 216 cm³/mol. The summed E-state index contributed by atoms with van der Waals surface area (Å²) in [6.45, 7) is 14.3. The minimum atomic E-state index is -2.79. The van der Waals surface area contributed by atoms with Gasteiger partial charge < -0.3 is 29.3 Å². The minimum Gasteiger partial charge on any atom is -0.545 e. The van der Waals surface area contributed by atoms with E-state index in [1.807, 2.05) is 26.8 Å². The van der Waals surface area contributed by atoms with Gasteiger partial charge in [-0.3, -0.25) is 0 Å². The van der Waals surface area contributed by atoms with Gasteiger partial charge in [-0.1, -0.05) is 142 Å². The van der Waals surface area contributed by atoms with E-state index in [1.165, 1.54) is 145 Å². The molecule has 0 aliphatic rings. The first-order chi connectivity index (χ1) is 23.9. The van der Waals surface area contributed by atoms with E-state index < -0.39 is 14.8 Å². The first-order valence-electron chi connectivity index (χ1n) is 21.2. The molecule has 0 amide bonds. The first-order valence-corrected chi connectivity index (χ1v) is 23.1. The third-order valence-corrected chi connectivity index (χ3v) is 13.4. The van der Waals surface area contributed by atoms with Crippen LogP contribution in [-0.4, -0.2) is 34.6 Å². The number of carboxylic acids is 1. The third kappa shape index (κ3) is 21.3. The Bertz CT molecular complexity index is 939. The van der Waals surface area contributed by atoms with Crippen molar-refractivity contribution in [2.45, 2.75) is 215 Å². The van der Waals surface area contributed by atoms with Crippen molar-refractivity contribution in [2.24, 2.45) is 0 Å². The Kier molecular flexibility index (Phi) is 31.6. The summed E-state index contributed by atoms with van der Waals surface area (Å²) < 4.78 is 18.3. The van der Waals surface area contributed by atoms with Crippen molar-refractivity contribution in [3.8, 4) is 0 Å². The van der Waals surface area contributed by atoms with Crippen LogP contribution in [0.15, 0.2) is 6.07 Å². The van der Waals surface area contributed by atoms with Crippen molar-refractivity contribution in [1.29, 1.82) is 0 Å². The van der Waals surface area contributed by atoms with E-state index in [0.29, 0.717) is 37.8 Å². The van der Waals surface area contributed by atoms with Crippen LogP contribution in [0.25, 0.3) is 0 Å². The Morgan fingerprint density at radius 3 is 1.30 bits per heavy atom. The van der Waals surface area contributed by atoms with Gasteiger partial charge in [-0.2, -0.15) is 0 Å². The molecule has 1 aromatic rings. The highest BCUT2D eigenvalue weighted by molar-refractivity contribution is 6.60. The molecule has 0 fully saturated rings. The highest BCUT2D eigenvalue weighted by atomic mass is 28.4. The summed E-state index contributed by atoms with van der Waals surface area (Å²) in [6.07, 6.45) is 32.6. The molecule has 0 unspecified atom stereocenters. The molecule has 0 aliphatic carbocycles. The van der Waals surface area contributed by atoms with Crippen LogP contribution in [0.1, 0.15) is 215 Å². The predicted octanol–water partition coefficient (Wildman–Crippen LogP) is 12.4. The summed E-state index contributed by atoms with van der Waals surface area (Å²) in [5, 5.41) is 12.5. The molecular weight excluding hydrogens is 639 g/mol. The number of rotatable bonds is 35.